The Hall–Kier alpha value is -0.490. The molecule has 0 bridgehead atoms. The second-order valence-electron chi connectivity index (χ2n) is 2.02. The number of nitrogens with zero attached hydrogens (tertiary/aromatic N) is 1. The van der Waals surface area contributed by atoms with E-state index in [4.69, 9.17) is 5.26 Å². The van der Waals surface area contributed by atoms with E-state index in [9.17, 15) is 4.79 Å². The average Bonchev–Trinajstić information content (AvgIpc) is 1.97. The Kier molecular flexibility index (Phi) is 6.30. The van der Waals surface area contributed by atoms with Crippen LogP contribution in [0.1, 0.15) is 26.2 Å². The molecule has 2 nitrogen and oxygen atoms in total. The Morgan fingerprint density at radius 3 is 2.90 bits per heavy atom. The van der Waals surface area contributed by atoms with E-state index in [2.05, 4.69) is 0 Å². The van der Waals surface area contributed by atoms with E-state index in [0.717, 1.165) is 24.6 Å². The summed E-state index contributed by atoms with van der Waals surface area (Å²) in [6.45, 7) is 2.05. The molecule has 0 aromatic rings. The van der Waals surface area contributed by atoms with E-state index in [1.54, 1.807) is 0 Å². The van der Waals surface area contributed by atoms with Crippen molar-refractivity contribution in [1.82, 2.24) is 0 Å². The standard InChI is InChI=1S/C7H11NOS/c1-2-3-4-7(9)5-10-6-8/h2-5H2,1H3. The van der Waals surface area contributed by atoms with Crippen LogP contribution < -0.4 is 0 Å². The topological polar surface area (TPSA) is 40.9 Å². The second-order valence-corrected chi connectivity index (χ2v) is 2.78. The van der Waals surface area contributed by atoms with Gasteiger partial charge in [0.1, 0.15) is 11.2 Å². The molecule has 3 heteroatoms. The zero-order chi connectivity index (χ0) is 7.82. The van der Waals surface area contributed by atoms with Gasteiger partial charge in [0.25, 0.3) is 0 Å². The molecule has 0 saturated heterocycles. The highest BCUT2D eigenvalue weighted by atomic mass is 32.2. The van der Waals surface area contributed by atoms with Crippen molar-refractivity contribution in [3.8, 4) is 5.40 Å². The number of thiocyanates is 1. The van der Waals surface area contributed by atoms with Crippen molar-refractivity contribution in [2.24, 2.45) is 0 Å². The fraction of sp³-hybridized carbons (Fsp3) is 0.714. The van der Waals surface area contributed by atoms with Gasteiger partial charge in [-0.1, -0.05) is 13.3 Å². The minimum absolute atomic E-state index is 0.188. The van der Waals surface area contributed by atoms with Crippen LogP contribution in [0.5, 0.6) is 0 Å². The van der Waals surface area contributed by atoms with Crippen LogP contribution in [0.15, 0.2) is 0 Å². The monoisotopic (exact) mass is 157 g/mol. The third-order valence-electron chi connectivity index (χ3n) is 1.11. The van der Waals surface area contributed by atoms with Gasteiger partial charge in [-0.2, -0.15) is 5.26 Å². The van der Waals surface area contributed by atoms with Crippen molar-refractivity contribution in [2.45, 2.75) is 26.2 Å². The van der Waals surface area contributed by atoms with Gasteiger partial charge in [-0.15, -0.1) is 0 Å². The molecule has 0 fully saturated rings. The molecule has 10 heavy (non-hydrogen) atoms. The fourth-order valence-corrected chi connectivity index (χ4v) is 0.929. The summed E-state index contributed by atoms with van der Waals surface area (Å²) >= 11 is 1.02. The number of hydrogen-bond donors (Lipinski definition) is 0. The van der Waals surface area contributed by atoms with Gasteiger partial charge in [-0.3, -0.25) is 4.79 Å². The molecule has 0 radical (unpaired) electrons. The summed E-state index contributed by atoms with van der Waals surface area (Å²) in [5.41, 5.74) is 0. The van der Waals surface area contributed by atoms with Crippen LogP contribution in [0.2, 0.25) is 0 Å². The zero-order valence-electron chi connectivity index (χ0n) is 6.09. The van der Waals surface area contributed by atoms with E-state index in [0.29, 0.717) is 12.2 Å². The zero-order valence-corrected chi connectivity index (χ0v) is 6.91. The van der Waals surface area contributed by atoms with Gasteiger partial charge in [-0.05, 0) is 18.2 Å². The average molecular weight is 157 g/mol. The van der Waals surface area contributed by atoms with E-state index in [-0.39, 0.29) is 5.78 Å². The van der Waals surface area contributed by atoms with Gasteiger partial charge in [-0.25, -0.2) is 0 Å². The molecule has 56 valence electrons. The molecule has 0 rings (SSSR count). The number of nitriles is 1. The van der Waals surface area contributed by atoms with Crippen molar-refractivity contribution in [2.75, 3.05) is 5.75 Å². The first-order valence-corrected chi connectivity index (χ1v) is 4.32. The molecule has 0 aromatic heterocycles. The summed E-state index contributed by atoms with van der Waals surface area (Å²) in [5, 5.41) is 9.97. The molecule has 0 aliphatic heterocycles. The van der Waals surface area contributed by atoms with Crippen LogP contribution in [0.3, 0.4) is 0 Å². The number of rotatable bonds is 5. The molecule has 0 aliphatic rings. The summed E-state index contributed by atoms with van der Waals surface area (Å²) < 4.78 is 0. The molecule has 0 N–H and O–H groups in total. The Balaban J connectivity index is 3.19. The van der Waals surface area contributed by atoms with Crippen LogP contribution in [0, 0.1) is 10.7 Å². The first-order chi connectivity index (χ1) is 4.81. The van der Waals surface area contributed by atoms with Crippen LogP contribution in [0.25, 0.3) is 0 Å². The van der Waals surface area contributed by atoms with E-state index >= 15 is 0 Å². The SMILES string of the molecule is CCCCC(=O)CSC#N. The molecular formula is C7H11NOS. The Morgan fingerprint density at radius 1 is 1.70 bits per heavy atom. The second kappa shape index (κ2) is 6.63. The van der Waals surface area contributed by atoms with Gasteiger partial charge in [0.15, 0.2) is 0 Å². The molecule has 0 atom stereocenters. The maximum Gasteiger partial charge on any atom is 0.143 e. The third-order valence-corrected chi connectivity index (χ3v) is 1.70. The van der Waals surface area contributed by atoms with Crippen LogP contribution in [-0.4, -0.2) is 11.5 Å². The summed E-state index contributed by atoms with van der Waals surface area (Å²) in [4.78, 5) is 10.8. The van der Waals surface area contributed by atoms with Gasteiger partial charge in [0.2, 0.25) is 0 Å². The Labute approximate surface area is 65.6 Å². The van der Waals surface area contributed by atoms with Crippen LogP contribution in [0.4, 0.5) is 0 Å². The number of hydrogen-bond acceptors (Lipinski definition) is 3. The summed E-state index contributed by atoms with van der Waals surface area (Å²) in [6, 6.07) is 0. The molecular weight excluding hydrogens is 146 g/mol. The van der Waals surface area contributed by atoms with Crippen molar-refractivity contribution in [3.05, 3.63) is 0 Å². The number of Topliss-reactive ketones (excluding diaryl/α,β-unsaturated/α-hetero) is 1. The smallest absolute Gasteiger partial charge is 0.143 e. The maximum atomic E-state index is 10.8. The van der Waals surface area contributed by atoms with Gasteiger partial charge >= 0.3 is 0 Å². The quantitative estimate of drug-likeness (QED) is 0.573. The lowest BCUT2D eigenvalue weighted by molar-refractivity contribution is -0.116. The predicted octanol–water partition coefficient (Wildman–Crippen LogP) is 1.96. The Morgan fingerprint density at radius 2 is 2.40 bits per heavy atom. The molecule has 0 spiro atoms. The van der Waals surface area contributed by atoms with E-state index in [1.165, 1.54) is 0 Å². The lowest BCUT2D eigenvalue weighted by atomic mass is 10.2. The molecule has 0 amide bonds. The van der Waals surface area contributed by atoms with Crippen molar-refractivity contribution < 1.29 is 4.79 Å². The van der Waals surface area contributed by atoms with Gasteiger partial charge in [0, 0.05) is 6.42 Å². The lowest BCUT2D eigenvalue weighted by Crippen LogP contribution is -1.99. The minimum atomic E-state index is 0.188. The Bertz CT molecular complexity index is 139. The summed E-state index contributed by atoms with van der Waals surface area (Å²) in [7, 11) is 0. The number of ketones is 1. The van der Waals surface area contributed by atoms with Crippen molar-refractivity contribution >= 4 is 17.5 Å². The highest BCUT2D eigenvalue weighted by Gasteiger charge is 1.99. The maximum absolute atomic E-state index is 10.8. The molecule has 0 aromatic carbocycles. The number of carbonyl (C=O) groups is 1. The first kappa shape index (κ1) is 9.51. The number of thioether (sulfide) groups is 1. The van der Waals surface area contributed by atoms with Crippen LogP contribution >= 0.6 is 11.8 Å². The summed E-state index contributed by atoms with van der Waals surface area (Å²) in [6.07, 6.45) is 2.62. The fourth-order valence-electron chi connectivity index (χ4n) is 0.559. The normalized spacial score (nSPS) is 8.80. The largest absolute Gasteiger partial charge is 0.299 e. The highest BCUT2D eigenvalue weighted by Crippen LogP contribution is 2.01. The van der Waals surface area contributed by atoms with Crippen molar-refractivity contribution in [3.63, 3.8) is 0 Å². The first-order valence-electron chi connectivity index (χ1n) is 3.33. The number of unbranched alkanes of at least 4 members (excludes halogenated alkanes) is 1. The van der Waals surface area contributed by atoms with Gasteiger partial charge < -0.3 is 0 Å². The van der Waals surface area contributed by atoms with Gasteiger partial charge in [0.05, 0.1) is 5.75 Å². The molecule has 0 saturated carbocycles. The minimum Gasteiger partial charge on any atom is -0.299 e. The van der Waals surface area contributed by atoms with Crippen LogP contribution in [-0.2, 0) is 4.79 Å². The van der Waals surface area contributed by atoms with E-state index < -0.39 is 0 Å². The molecule has 0 heterocycles. The lowest BCUT2D eigenvalue weighted by Gasteiger charge is -1.92. The third kappa shape index (κ3) is 5.64. The predicted molar refractivity (Wildman–Crippen MR) is 42.6 cm³/mol. The summed E-state index contributed by atoms with van der Waals surface area (Å²) in [5.74, 6) is 0.546. The molecule has 0 aliphatic carbocycles. The van der Waals surface area contributed by atoms with E-state index in [1.807, 2.05) is 12.3 Å². The number of carbonyl (C=O) groups excluding carboxylic acids is 1. The molecule has 0 unspecified atom stereocenters. The van der Waals surface area contributed by atoms with Crippen molar-refractivity contribution in [1.29, 1.82) is 5.26 Å². The highest BCUT2D eigenvalue weighted by molar-refractivity contribution is 8.04.